The Bertz CT molecular complexity index is 502. The van der Waals surface area contributed by atoms with E-state index in [0.717, 1.165) is 18.8 Å². The quantitative estimate of drug-likeness (QED) is 0.814. The molecule has 4 nitrogen and oxygen atoms in total. The molecule has 2 rings (SSSR count). The Hall–Kier alpha value is -1.58. The van der Waals surface area contributed by atoms with E-state index >= 15 is 0 Å². The third kappa shape index (κ3) is 4.19. The van der Waals surface area contributed by atoms with E-state index in [9.17, 15) is 4.79 Å². The van der Waals surface area contributed by atoms with Gasteiger partial charge in [-0.15, -0.1) is 0 Å². The molecule has 4 heteroatoms. The minimum atomic E-state index is -0.203. The Kier molecular flexibility index (Phi) is 5.59. The van der Waals surface area contributed by atoms with E-state index in [2.05, 4.69) is 30.2 Å². The second kappa shape index (κ2) is 7.43. The van der Waals surface area contributed by atoms with Crippen molar-refractivity contribution in [1.82, 2.24) is 14.9 Å². The van der Waals surface area contributed by atoms with Gasteiger partial charge < -0.3 is 9.88 Å². The second-order valence-corrected chi connectivity index (χ2v) is 6.17. The Morgan fingerprint density at radius 3 is 2.86 bits per heavy atom. The first-order valence-electron chi connectivity index (χ1n) is 8.08. The predicted molar refractivity (Wildman–Crippen MR) is 85.2 cm³/mol. The maximum absolute atomic E-state index is 12.3. The molecular formula is C17H27N3O. The van der Waals surface area contributed by atoms with E-state index in [1.807, 2.05) is 17.7 Å². The van der Waals surface area contributed by atoms with Gasteiger partial charge >= 0.3 is 0 Å². The lowest BCUT2D eigenvalue weighted by Crippen LogP contribution is -2.32. The highest BCUT2D eigenvalue weighted by atomic mass is 16.2. The number of carbonyl (C=O) groups excluding carboxylic acids is 1. The van der Waals surface area contributed by atoms with Crippen LogP contribution in [0.2, 0.25) is 0 Å². The Morgan fingerprint density at radius 1 is 1.38 bits per heavy atom. The first-order chi connectivity index (χ1) is 10.1. The molecule has 0 unspecified atom stereocenters. The first kappa shape index (κ1) is 15.8. The normalized spacial score (nSPS) is 16.7. The van der Waals surface area contributed by atoms with Gasteiger partial charge in [0.25, 0.3) is 0 Å². The molecule has 1 aliphatic rings. The molecule has 1 aromatic heterocycles. The molecule has 0 fully saturated rings. The summed E-state index contributed by atoms with van der Waals surface area (Å²) in [4.78, 5) is 16.6. The fraction of sp³-hybridized carbons (Fsp3) is 0.647. The fourth-order valence-electron chi connectivity index (χ4n) is 2.85. The molecule has 21 heavy (non-hydrogen) atoms. The van der Waals surface area contributed by atoms with Crippen molar-refractivity contribution in [3.63, 3.8) is 0 Å². The summed E-state index contributed by atoms with van der Waals surface area (Å²) in [6.07, 6.45) is 12.0. The van der Waals surface area contributed by atoms with Crippen LogP contribution in [0.15, 0.2) is 24.0 Å². The molecule has 1 N–H and O–H groups in total. The zero-order valence-corrected chi connectivity index (χ0v) is 13.4. The van der Waals surface area contributed by atoms with Crippen LogP contribution in [0, 0.1) is 0 Å². The molecule has 0 saturated carbocycles. The number of amides is 1. The van der Waals surface area contributed by atoms with Gasteiger partial charge in [-0.2, -0.15) is 0 Å². The van der Waals surface area contributed by atoms with Crippen LogP contribution in [-0.4, -0.2) is 22.0 Å². The molecule has 0 saturated heterocycles. The van der Waals surface area contributed by atoms with Crippen LogP contribution < -0.4 is 5.32 Å². The van der Waals surface area contributed by atoms with Crippen LogP contribution in [0.25, 0.3) is 0 Å². The van der Waals surface area contributed by atoms with E-state index < -0.39 is 0 Å². The first-order valence-corrected chi connectivity index (χ1v) is 8.08. The Labute approximate surface area is 127 Å². The molecule has 116 valence electrons. The maximum atomic E-state index is 12.3. The van der Waals surface area contributed by atoms with E-state index in [1.54, 1.807) is 6.20 Å². The summed E-state index contributed by atoms with van der Waals surface area (Å²) in [5.41, 5.74) is 1.50. The third-order valence-corrected chi connectivity index (χ3v) is 4.14. The topological polar surface area (TPSA) is 46.9 Å². The fourth-order valence-corrected chi connectivity index (χ4v) is 2.85. The summed E-state index contributed by atoms with van der Waals surface area (Å²) in [6, 6.07) is -0.203. The predicted octanol–water partition coefficient (Wildman–Crippen LogP) is 3.57. The van der Waals surface area contributed by atoms with Crippen molar-refractivity contribution in [2.45, 2.75) is 64.8 Å². The zero-order valence-electron chi connectivity index (χ0n) is 13.4. The zero-order chi connectivity index (χ0) is 15.2. The second-order valence-electron chi connectivity index (χ2n) is 6.17. The van der Waals surface area contributed by atoms with E-state index in [-0.39, 0.29) is 11.9 Å². The Balaban J connectivity index is 1.85. The average Bonchev–Trinajstić information content (AvgIpc) is 2.97. The van der Waals surface area contributed by atoms with Crippen molar-refractivity contribution < 1.29 is 4.79 Å². The molecule has 0 aromatic carbocycles. The molecule has 1 heterocycles. The van der Waals surface area contributed by atoms with E-state index in [0.29, 0.717) is 5.92 Å². The number of rotatable bonds is 6. The highest BCUT2D eigenvalue weighted by Crippen LogP contribution is 2.20. The highest BCUT2D eigenvalue weighted by Gasteiger charge is 2.18. The molecule has 0 radical (unpaired) electrons. The lowest BCUT2D eigenvalue weighted by molar-refractivity contribution is -0.123. The molecule has 1 aromatic rings. The largest absolute Gasteiger partial charge is 0.354 e. The summed E-state index contributed by atoms with van der Waals surface area (Å²) in [7, 11) is 0. The number of imidazole rings is 1. The summed E-state index contributed by atoms with van der Waals surface area (Å²) < 4.78 is 1.97. The lowest BCUT2D eigenvalue weighted by atomic mass is 9.97. The van der Waals surface area contributed by atoms with Crippen LogP contribution in [0.1, 0.15) is 70.7 Å². The van der Waals surface area contributed by atoms with Gasteiger partial charge in [-0.25, -0.2) is 4.98 Å². The standard InChI is InChI=1S/C17H27N3O/c1-13(2)16-18-11-12-20(16)14(3)17(21)19-10-9-15-7-5-4-6-8-15/h7,11-14H,4-6,8-10H2,1-3H3,(H,19,21)/t14-/m1/s1. The van der Waals surface area contributed by atoms with Gasteiger partial charge in [-0.05, 0) is 39.0 Å². The van der Waals surface area contributed by atoms with Gasteiger partial charge in [0.2, 0.25) is 5.91 Å². The number of aromatic nitrogens is 2. The van der Waals surface area contributed by atoms with E-state index in [4.69, 9.17) is 0 Å². The number of hydrogen-bond acceptors (Lipinski definition) is 2. The SMILES string of the molecule is CC(C)c1nccn1[C@H](C)C(=O)NCCC1=CCCCC1. The van der Waals surface area contributed by atoms with Crippen molar-refractivity contribution in [1.29, 1.82) is 0 Å². The summed E-state index contributed by atoms with van der Waals surface area (Å²) in [5.74, 6) is 1.36. The lowest BCUT2D eigenvalue weighted by Gasteiger charge is -2.18. The number of allylic oxidation sites excluding steroid dienone is 1. The molecule has 0 aliphatic heterocycles. The van der Waals surface area contributed by atoms with Gasteiger partial charge in [0, 0.05) is 24.9 Å². The average molecular weight is 289 g/mol. The monoisotopic (exact) mass is 289 g/mol. The van der Waals surface area contributed by atoms with Crippen molar-refractivity contribution in [2.24, 2.45) is 0 Å². The van der Waals surface area contributed by atoms with Crippen LogP contribution in [0.4, 0.5) is 0 Å². The third-order valence-electron chi connectivity index (χ3n) is 4.14. The number of carbonyl (C=O) groups is 1. The van der Waals surface area contributed by atoms with Crippen molar-refractivity contribution in [2.75, 3.05) is 6.54 Å². The van der Waals surface area contributed by atoms with Gasteiger partial charge in [-0.3, -0.25) is 4.79 Å². The maximum Gasteiger partial charge on any atom is 0.242 e. The minimum absolute atomic E-state index is 0.0753. The van der Waals surface area contributed by atoms with Crippen molar-refractivity contribution >= 4 is 5.91 Å². The Morgan fingerprint density at radius 2 is 2.19 bits per heavy atom. The molecule has 0 spiro atoms. The van der Waals surface area contributed by atoms with Crippen molar-refractivity contribution in [3.8, 4) is 0 Å². The van der Waals surface area contributed by atoms with Crippen LogP contribution >= 0.6 is 0 Å². The van der Waals surface area contributed by atoms with Crippen molar-refractivity contribution in [3.05, 3.63) is 29.9 Å². The summed E-state index contributed by atoms with van der Waals surface area (Å²) in [5, 5.41) is 3.06. The van der Waals surface area contributed by atoms with Gasteiger partial charge in [0.15, 0.2) is 0 Å². The van der Waals surface area contributed by atoms with Gasteiger partial charge in [-0.1, -0.05) is 25.5 Å². The van der Waals surface area contributed by atoms with E-state index in [1.165, 1.54) is 31.3 Å². The molecule has 1 atom stereocenters. The van der Waals surface area contributed by atoms with Gasteiger partial charge in [0.05, 0.1) is 0 Å². The van der Waals surface area contributed by atoms with Gasteiger partial charge in [0.1, 0.15) is 11.9 Å². The van der Waals surface area contributed by atoms with Crippen LogP contribution in [0.3, 0.4) is 0 Å². The van der Waals surface area contributed by atoms with Crippen LogP contribution in [-0.2, 0) is 4.79 Å². The number of nitrogens with zero attached hydrogens (tertiary/aromatic N) is 2. The minimum Gasteiger partial charge on any atom is -0.354 e. The molecular weight excluding hydrogens is 262 g/mol. The van der Waals surface area contributed by atoms with Crippen LogP contribution in [0.5, 0.6) is 0 Å². The number of nitrogens with one attached hydrogen (secondary N) is 1. The number of hydrogen-bond donors (Lipinski definition) is 1. The summed E-state index contributed by atoms with van der Waals surface area (Å²) in [6.45, 7) is 6.86. The molecule has 1 amide bonds. The summed E-state index contributed by atoms with van der Waals surface area (Å²) >= 11 is 0. The molecule has 1 aliphatic carbocycles. The smallest absolute Gasteiger partial charge is 0.242 e. The molecule has 0 bridgehead atoms. The highest BCUT2D eigenvalue weighted by molar-refractivity contribution is 5.79.